The molecular weight excluding hydrogens is 436 g/mol. The highest BCUT2D eigenvalue weighted by Crippen LogP contribution is 2.42. The normalized spacial score (nSPS) is 18.7. The van der Waals surface area contributed by atoms with Crippen molar-refractivity contribution in [2.45, 2.75) is 49.8 Å². The first-order valence-corrected chi connectivity index (χ1v) is 12.6. The molecule has 2 aliphatic rings. The second-order valence-electron chi connectivity index (χ2n) is 8.39. The maximum Gasteiger partial charge on any atom is 0.253 e. The van der Waals surface area contributed by atoms with Crippen LogP contribution in [0.2, 0.25) is 0 Å². The summed E-state index contributed by atoms with van der Waals surface area (Å²) in [4.78, 5) is 13.4. The van der Waals surface area contributed by atoms with Crippen LogP contribution in [0, 0.1) is 0 Å². The molecule has 0 radical (unpaired) electrons. The van der Waals surface area contributed by atoms with Crippen LogP contribution in [0.5, 0.6) is 17.2 Å². The number of carbonyl (C=O) groups is 1. The summed E-state index contributed by atoms with van der Waals surface area (Å²) in [6.45, 7) is 0. The molecule has 0 aromatic heterocycles. The maximum absolute atomic E-state index is 13.4. The number of hydrazone groups is 1. The van der Waals surface area contributed by atoms with Gasteiger partial charge in [-0.05, 0) is 48.7 Å². The van der Waals surface area contributed by atoms with Crippen molar-refractivity contribution in [2.24, 2.45) is 5.10 Å². The first-order chi connectivity index (χ1) is 16.1. The summed E-state index contributed by atoms with van der Waals surface area (Å²) in [7, 11) is 4.91. The largest absolute Gasteiger partial charge is 0.497 e. The molecule has 0 bridgehead atoms. The molecule has 1 amide bonds. The smallest absolute Gasteiger partial charge is 0.253 e. The van der Waals surface area contributed by atoms with E-state index in [1.54, 1.807) is 38.1 Å². The van der Waals surface area contributed by atoms with Crippen molar-refractivity contribution in [3.63, 3.8) is 0 Å². The second-order valence-corrected chi connectivity index (χ2v) is 9.68. The van der Waals surface area contributed by atoms with Gasteiger partial charge in [0.15, 0.2) is 11.5 Å². The van der Waals surface area contributed by atoms with Crippen LogP contribution in [0.15, 0.2) is 47.6 Å². The molecule has 2 aromatic carbocycles. The minimum Gasteiger partial charge on any atom is -0.497 e. The fourth-order valence-corrected chi connectivity index (χ4v) is 5.78. The van der Waals surface area contributed by atoms with Gasteiger partial charge >= 0.3 is 0 Å². The van der Waals surface area contributed by atoms with Gasteiger partial charge in [-0.25, -0.2) is 5.01 Å². The van der Waals surface area contributed by atoms with E-state index in [1.807, 2.05) is 42.5 Å². The topological polar surface area (TPSA) is 60.4 Å². The van der Waals surface area contributed by atoms with E-state index in [4.69, 9.17) is 19.3 Å². The molecule has 4 rings (SSSR count). The number of benzene rings is 2. The van der Waals surface area contributed by atoms with E-state index in [0.717, 1.165) is 22.6 Å². The van der Waals surface area contributed by atoms with E-state index in [1.165, 1.54) is 32.1 Å². The van der Waals surface area contributed by atoms with Gasteiger partial charge in [-0.15, -0.1) is 11.8 Å². The molecule has 1 aliphatic heterocycles. The number of rotatable bonds is 8. The van der Waals surface area contributed by atoms with Gasteiger partial charge in [0.1, 0.15) is 5.75 Å². The first-order valence-electron chi connectivity index (χ1n) is 11.5. The van der Waals surface area contributed by atoms with Crippen molar-refractivity contribution in [1.29, 1.82) is 0 Å². The number of para-hydroxylation sites is 1. The van der Waals surface area contributed by atoms with Gasteiger partial charge in [-0.1, -0.05) is 31.4 Å². The fourth-order valence-electron chi connectivity index (χ4n) is 4.60. The fraction of sp³-hybridized carbons (Fsp3) is 0.462. The molecule has 0 saturated heterocycles. The third-order valence-electron chi connectivity index (χ3n) is 6.38. The number of amides is 1. The molecule has 1 heterocycles. The lowest BCUT2D eigenvalue weighted by atomic mass is 9.97. The molecule has 7 heteroatoms. The molecule has 1 unspecified atom stereocenters. The average molecular weight is 469 g/mol. The van der Waals surface area contributed by atoms with E-state index in [9.17, 15) is 4.79 Å². The lowest BCUT2D eigenvalue weighted by molar-refractivity contribution is -0.130. The molecule has 1 fully saturated rings. The van der Waals surface area contributed by atoms with Crippen LogP contribution in [-0.4, -0.2) is 49.0 Å². The Morgan fingerprint density at radius 1 is 1.00 bits per heavy atom. The molecule has 176 valence electrons. The number of carbonyl (C=O) groups excluding carboxylic acids is 1. The molecular formula is C26H32N2O4S. The minimum atomic E-state index is -0.244. The Bertz CT molecular complexity index is 986. The zero-order valence-electron chi connectivity index (χ0n) is 19.6. The van der Waals surface area contributed by atoms with Gasteiger partial charge < -0.3 is 14.2 Å². The van der Waals surface area contributed by atoms with Crippen molar-refractivity contribution in [1.82, 2.24) is 5.01 Å². The van der Waals surface area contributed by atoms with Crippen LogP contribution >= 0.6 is 11.8 Å². The maximum atomic E-state index is 13.4. The van der Waals surface area contributed by atoms with Gasteiger partial charge in [0.25, 0.3) is 5.91 Å². The summed E-state index contributed by atoms with van der Waals surface area (Å²) in [6.07, 6.45) is 6.84. The van der Waals surface area contributed by atoms with Gasteiger partial charge in [0, 0.05) is 17.2 Å². The molecule has 1 aliphatic carbocycles. The first kappa shape index (κ1) is 23.5. The molecule has 33 heavy (non-hydrogen) atoms. The lowest BCUT2D eigenvalue weighted by Crippen LogP contribution is -2.29. The van der Waals surface area contributed by atoms with E-state index >= 15 is 0 Å². The Hall–Kier alpha value is -2.67. The van der Waals surface area contributed by atoms with Crippen LogP contribution in [0.3, 0.4) is 0 Å². The predicted molar refractivity (Wildman–Crippen MR) is 133 cm³/mol. The average Bonchev–Trinajstić information content (AvgIpc) is 3.32. The second kappa shape index (κ2) is 11.0. The third-order valence-corrected chi connectivity index (χ3v) is 7.73. The van der Waals surface area contributed by atoms with Crippen LogP contribution in [-0.2, 0) is 4.79 Å². The number of methoxy groups -OCH3 is 3. The van der Waals surface area contributed by atoms with Crippen molar-refractivity contribution in [2.75, 3.05) is 27.1 Å². The summed E-state index contributed by atoms with van der Waals surface area (Å²) in [5.41, 5.74) is 2.77. The van der Waals surface area contributed by atoms with Crippen LogP contribution < -0.4 is 14.2 Å². The van der Waals surface area contributed by atoms with Gasteiger partial charge in [0.05, 0.1) is 38.8 Å². The zero-order chi connectivity index (χ0) is 23.2. The summed E-state index contributed by atoms with van der Waals surface area (Å²) in [6, 6.07) is 13.4. The number of ether oxygens (including phenoxy) is 3. The summed E-state index contributed by atoms with van der Waals surface area (Å²) in [5.74, 6) is 2.56. The Kier molecular flexibility index (Phi) is 7.81. The summed E-state index contributed by atoms with van der Waals surface area (Å²) in [5, 5.41) is 7.05. The Balaban J connectivity index is 1.61. The van der Waals surface area contributed by atoms with E-state index < -0.39 is 0 Å². The van der Waals surface area contributed by atoms with Crippen LogP contribution in [0.1, 0.15) is 55.7 Å². The van der Waals surface area contributed by atoms with E-state index in [2.05, 4.69) is 0 Å². The Morgan fingerprint density at radius 2 is 1.76 bits per heavy atom. The highest BCUT2D eigenvalue weighted by molar-refractivity contribution is 8.00. The molecule has 6 nitrogen and oxygen atoms in total. The minimum absolute atomic E-state index is 0.0314. The van der Waals surface area contributed by atoms with E-state index in [0.29, 0.717) is 28.9 Å². The van der Waals surface area contributed by atoms with Gasteiger partial charge in [-0.3, -0.25) is 4.79 Å². The quantitative estimate of drug-likeness (QED) is 0.515. The Morgan fingerprint density at radius 3 is 2.42 bits per heavy atom. The molecule has 2 aromatic rings. The lowest BCUT2D eigenvalue weighted by Gasteiger charge is -2.26. The molecule has 1 atom stereocenters. The Labute approximate surface area is 200 Å². The number of hydrogen-bond acceptors (Lipinski definition) is 6. The van der Waals surface area contributed by atoms with E-state index in [-0.39, 0.29) is 11.9 Å². The zero-order valence-corrected chi connectivity index (χ0v) is 20.4. The van der Waals surface area contributed by atoms with Gasteiger partial charge in [-0.2, -0.15) is 5.10 Å². The third kappa shape index (κ3) is 5.29. The van der Waals surface area contributed by atoms with Crippen LogP contribution in [0.25, 0.3) is 0 Å². The molecule has 0 spiro atoms. The van der Waals surface area contributed by atoms with Crippen molar-refractivity contribution in [3.05, 3.63) is 53.6 Å². The predicted octanol–water partition coefficient (Wildman–Crippen LogP) is 5.46. The molecule has 0 N–H and O–H groups in total. The molecule has 1 saturated carbocycles. The number of nitrogens with zero attached hydrogens (tertiary/aromatic N) is 2. The summed E-state index contributed by atoms with van der Waals surface area (Å²) < 4.78 is 16.5. The van der Waals surface area contributed by atoms with Crippen molar-refractivity contribution < 1.29 is 19.0 Å². The van der Waals surface area contributed by atoms with Crippen molar-refractivity contribution in [3.8, 4) is 17.2 Å². The standard InChI is InChI=1S/C26H32N2O4S/c1-30-19-14-12-18(13-15-19)22-16-23(21-10-7-11-24(31-2)26(21)32-3)28(27-22)25(29)17-33-20-8-5-4-6-9-20/h7,10-15,20,23H,4-6,8-9,16-17H2,1-3H3. The van der Waals surface area contributed by atoms with Crippen LogP contribution in [0.4, 0.5) is 0 Å². The number of thioether (sulfide) groups is 1. The summed E-state index contributed by atoms with van der Waals surface area (Å²) >= 11 is 1.78. The highest BCUT2D eigenvalue weighted by atomic mass is 32.2. The SMILES string of the molecule is COc1ccc(C2=NN(C(=O)CSC3CCCCC3)C(c3cccc(OC)c3OC)C2)cc1. The van der Waals surface area contributed by atoms with Gasteiger partial charge in [0.2, 0.25) is 0 Å². The highest BCUT2D eigenvalue weighted by Gasteiger charge is 2.35. The van der Waals surface area contributed by atoms with Crippen molar-refractivity contribution >= 4 is 23.4 Å². The number of hydrogen-bond donors (Lipinski definition) is 0. The monoisotopic (exact) mass is 468 g/mol.